The SMILES string of the molecule is C=CCc1cc(CNCCc2ccc(OC)c(OC)c2)cc(OC)c1OCC. The van der Waals surface area contributed by atoms with Crippen LogP contribution in [0.5, 0.6) is 23.0 Å². The molecule has 0 aromatic heterocycles. The van der Waals surface area contributed by atoms with Crippen LogP contribution in [0.25, 0.3) is 0 Å². The van der Waals surface area contributed by atoms with E-state index in [0.717, 1.165) is 60.1 Å². The summed E-state index contributed by atoms with van der Waals surface area (Å²) in [4.78, 5) is 0. The molecular formula is C23H31NO4. The molecule has 0 saturated carbocycles. The van der Waals surface area contributed by atoms with Crippen molar-refractivity contribution >= 4 is 0 Å². The topological polar surface area (TPSA) is 49.0 Å². The van der Waals surface area contributed by atoms with Crippen molar-refractivity contribution in [3.05, 3.63) is 59.7 Å². The third-order valence-electron chi connectivity index (χ3n) is 4.43. The number of rotatable bonds is 12. The predicted molar refractivity (Wildman–Crippen MR) is 113 cm³/mol. The lowest BCUT2D eigenvalue weighted by Gasteiger charge is -2.16. The van der Waals surface area contributed by atoms with Gasteiger partial charge in [0, 0.05) is 12.1 Å². The van der Waals surface area contributed by atoms with Gasteiger partial charge in [0.2, 0.25) is 0 Å². The van der Waals surface area contributed by atoms with E-state index >= 15 is 0 Å². The van der Waals surface area contributed by atoms with Gasteiger partial charge in [-0.3, -0.25) is 0 Å². The number of benzene rings is 2. The molecule has 0 aliphatic heterocycles. The van der Waals surface area contributed by atoms with Crippen LogP contribution in [-0.4, -0.2) is 34.5 Å². The van der Waals surface area contributed by atoms with Crippen molar-refractivity contribution in [2.24, 2.45) is 0 Å². The zero-order chi connectivity index (χ0) is 20.4. The van der Waals surface area contributed by atoms with Gasteiger partial charge < -0.3 is 24.3 Å². The fourth-order valence-corrected chi connectivity index (χ4v) is 3.09. The average molecular weight is 386 g/mol. The molecule has 5 nitrogen and oxygen atoms in total. The van der Waals surface area contributed by atoms with Crippen molar-refractivity contribution in [2.45, 2.75) is 26.3 Å². The van der Waals surface area contributed by atoms with Gasteiger partial charge in [0.15, 0.2) is 23.0 Å². The summed E-state index contributed by atoms with van der Waals surface area (Å²) in [7, 11) is 4.97. The van der Waals surface area contributed by atoms with Crippen LogP contribution in [0.1, 0.15) is 23.6 Å². The third kappa shape index (κ3) is 5.67. The number of hydrogen-bond acceptors (Lipinski definition) is 5. The summed E-state index contributed by atoms with van der Waals surface area (Å²) in [6, 6.07) is 10.2. The van der Waals surface area contributed by atoms with E-state index in [1.165, 1.54) is 5.56 Å². The van der Waals surface area contributed by atoms with Crippen molar-refractivity contribution in [3.8, 4) is 23.0 Å². The first kappa shape index (κ1) is 21.6. The monoisotopic (exact) mass is 385 g/mol. The highest BCUT2D eigenvalue weighted by atomic mass is 16.5. The number of hydrogen-bond donors (Lipinski definition) is 1. The minimum Gasteiger partial charge on any atom is -0.493 e. The Morgan fingerprint density at radius 3 is 2.29 bits per heavy atom. The van der Waals surface area contributed by atoms with Crippen LogP contribution >= 0.6 is 0 Å². The third-order valence-corrected chi connectivity index (χ3v) is 4.43. The highest BCUT2D eigenvalue weighted by Crippen LogP contribution is 2.33. The van der Waals surface area contributed by atoms with E-state index < -0.39 is 0 Å². The summed E-state index contributed by atoms with van der Waals surface area (Å²) in [6.07, 6.45) is 3.52. The summed E-state index contributed by atoms with van der Waals surface area (Å²) >= 11 is 0. The lowest BCUT2D eigenvalue weighted by atomic mass is 10.1. The molecule has 152 valence electrons. The zero-order valence-electron chi connectivity index (χ0n) is 17.3. The molecule has 0 bridgehead atoms. The number of nitrogens with one attached hydrogen (secondary N) is 1. The maximum Gasteiger partial charge on any atom is 0.164 e. The van der Waals surface area contributed by atoms with E-state index in [9.17, 15) is 0 Å². The van der Waals surface area contributed by atoms with Gasteiger partial charge in [-0.25, -0.2) is 0 Å². The van der Waals surface area contributed by atoms with Gasteiger partial charge in [0.1, 0.15) is 0 Å². The average Bonchev–Trinajstić information content (AvgIpc) is 2.72. The Bertz CT molecular complexity index is 773. The molecule has 0 heterocycles. The molecule has 2 aromatic carbocycles. The first-order valence-electron chi connectivity index (χ1n) is 9.51. The van der Waals surface area contributed by atoms with E-state index in [0.29, 0.717) is 6.61 Å². The lowest BCUT2D eigenvalue weighted by Crippen LogP contribution is -2.17. The number of allylic oxidation sites excluding steroid dienone is 1. The van der Waals surface area contributed by atoms with Crippen LogP contribution in [0, 0.1) is 0 Å². The first-order valence-corrected chi connectivity index (χ1v) is 9.51. The highest BCUT2D eigenvalue weighted by Gasteiger charge is 2.12. The van der Waals surface area contributed by atoms with Crippen molar-refractivity contribution in [3.63, 3.8) is 0 Å². The second-order valence-electron chi connectivity index (χ2n) is 6.33. The Balaban J connectivity index is 2.00. The van der Waals surface area contributed by atoms with Crippen molar-refractivity contribution in [1.82, 2.24) is 5.32 Å². The Morgan fingerprint density at radius 1 is 0.929 bits per heavy atom. The van der Waals surface area contributed by atoms with E-state index in [4.69, 9.17) is 18.9 Å². The smallest absolute Gasteiger partial charge is 0.164 e. The summed E-state index contributed by atoms with van der Waals surface area (Å²) in [5.74, 6) is 3.07. The van der Waals surface area contributed by atoms with E-state index in [2.05, 4.69) is 24.0 Å². The molecule has 2 rings (SSSR count). The largest absolute Gasteiger partial charge is 0.493 e. The maximum atomic E-state index is 5.78. The van der Waals surface area contributed by atoms with Gasteiger partial charge >= 0.3 is 0 Å². The maximum absolute atomic E-state index is 5.78. The molecule has 0 radical (unpaired) electrons. The van der Waals surface area contributed by atoms with E-state index in [1.807, 2.05) is 31.2 Å². The molecule has 28 heavy (non-hydrogen) atoms. The molecule has 0 unspecified atom stereocenters. The second-order valence-corrected chi connectivity index (χ2v) is 6.33. The molecule has 1 N–H and O–H groups in total. The Hall–Kier alpha value is -2.66. The van der Waals surface area contributed by atoms with Crippen LogP contribution in [-0.2, 0) is 19.4 Å². The molecule has 0 spiro atoms. The Morgan fingerprint density at radius 2 is 1.64 bits per heavy atom. The van der Waals surface area contributed by atoms with E-state index in [-0.39, 0.29) is 0 Å². The Labute approximate surface area is 168 Å². The van der Waals surface area contributed by atoms with Gasteiger partial charge in [0.25, 0.3) is 0 Å². The van der Waals surface area contributed by atoms with Gasteiger partial charge in [-0.2, -0.15) is 0 Å². The lowest BCUT2D eigenvalue weighted by molar-refractivity contribution is 0.308. The molecule has 0 atom stereocenters. The standard InChI is InChI=1S/C23H31NO4/c1-6-8-19-13-18(15-22(27-5)23(19)28-7-2)16-24-12-11-17-9-10-20(25-3)21(14-17)26-4/h6,9-10,13-15,24H,1,7-8,11-12,16H2,2-5H3. The number of methoxy groups -OCH3 is 3. The second kappa shape index (κ2) is 11.2. The first-order chi connectivity index (χ1) is 13.7. The molecule has 0 aliphatic carbocycles. The van der Waals surface area contributed by atoms with Crippen LogP contribution in [0.3, 0.4) is 0 Å². The van der Waals surface area contributed by atoms with Crippen molar-refractivity contribution < 1.29 is 18.9 Å². The fourth-order valence-electron chi connectivity index (χ4n) is 3.09. The van der Waals surface area contributed by atoms with E-state index in [1.54, 1.807) is 21.3 Å². The van der Waals surface area contributed by atoms with Gasteiger partial charge in [-0.05, 0) is 55.6 Å². The minimum atomic E-state index is 0.601. The summed E-state index contributed by atoms with van der Waals surface area (Å²) in [5.41, 5.74) is 3.44. The van der Waals surface area contributed by atoms with Gasteiger partial charge in [-0.1, -0.05) is 18.2 Å². The van der Waals surface area contributed by atoms with Crippen LogP contribution in [0.4, 0.5) is 0 Å². The van der Waals surface area contributed by atoms with Crippen molar-refractivity contribution in [2.75, 3.05) is 34.5 Å². The molecule has 5 heteroatoms. The Kier molecular flexibility index (Phi) is 8.69. The number of ether oxygens (including phenoxy) is 4. The van der Waals surface area contributed by atoms with Gasteiger partial charge in [0.05, 0.1) is 27.9 Å². The van der Waals surface area contributed by atoms with Crippen LogP contribution in [0.15, 0.2) is 43.0 Å². The quantitative estimate of drug-likeness (QED) is 0.439. The van der Waals surface area contributed by atoms with Crippen LogP contribution in [0.2, 0.25) is 0 Å². The van der Waals surface area contributed by atoms with Crippen LogP contribution < -0.4 is 24.3 Å². The zero-order valence-corrected chi connectivity index (χ0v) is 17.3. The summed E-state index contributed by atoms with van der Waals surface area (Å²) in [5, 5.41) is 3.49. The molecule has 0 fully saturated rings. The highest BCUT2D eigenvalue weighted by molar-refractivity contribution is 5.50. The predicted octanol–water partition coefficient (Wildman–Crippen LogP) is 4.17. The molecule has 0 amide bonds. The minimum absolute atomic E-state index is 0.601. The molecule has 2 aromatic rings. The van der Waals surface area contributed by atoms with Gasteiger partial charge in [-0.15, -0.1) is 6.58 Å². The summed E-state index contributed by atoms with van der Waals surface area (Å²) < 4.78 is 22.0. The summed E-state index contributed by atoms with van der Waals surface area (Å²) in [6.45, 7) is 8.02. The van der Waals surface area contributed by atoms with Crippen molar-refractivity contribution in [1.29, 1.82) is 0 Å². The normalized spacial score (nSPS) is 10.4. The molecular weight excluding hydrogens is 354 g/mol. The molecule has 0 aliphatic rings. The fraction of sp³-hybridized carbons (Fsp3) is 0.391. The molecule has 0 saturated heterocycles.